The Kier molecular flexibility index (Phi) is 4.84. The molecule has 0 aliphatic rings. The van der Waals surface area contributed by atoms with Crippen molar-refractivity contribution in [3.63, 3.8) is 0 Å². The lowest BCUT2D eigenvalue weighted by atomic mass is 10.2. The van der Waals surface area contributed by atoms with Gasteiger partial charge in [-0.15, -0.1) is 16.4 Å². The van der Waals surface area contributed by atoms with E-state index in [1.807, 2.05) is 12.3 Å². The largest absolute Gasteiger partial charge is 0.461 e. The van der Waals surface area contributed by atoms with Crippen LogP contribution in [0, 0.1) is 6.92 Å². The molecule has 0 amide bonds. The predicted molar refractivity (Wildman–Crippen MR) is 75.9 cm³/mol. The molecule has 2 aromatic heterocycles. The molecule has 6 nitrogen and oxygen atoms in total. The third kappa shape index (κ3) is 3.22. The number of rotatable bonds is 6. The first-order valence-corrected chi connectivity index (χ1v) is 7.54. The van der Waals surface area contributed by atoms with E-state index < -0.39 is 5.97 Å². The normalized spacial score (nSPS) is 10.8. The van der Waals surface area contributed by atoms with Gasteiger partial charge in [0.2, 0.25) is 0 Å². The van der Waals surface area contributed by atoms with Crippen LogP contribution in [0.4, 0.5) is 0 Å². The number of carbonyl (C=O) groups excluding carboxylic acids is 1. The Morgan fingerprint density at radius 2 is 2.25 bits per heavy atom. The molecule has 0 N–H and O–H groups in total. The van der Waals surface area contributed by atoms with E-state index in [0.29, 0.717) is 18.8 Å². The highest BCUT2D eigenvalue weighted by Crippen LogP contribution is 2.15. The fourth-order valence-electron chi connectivity index (χ4n) is 1.91. The molecule has 2 rings (SSSR count). The smallest absolute Gasteiger partial charge is 0.360 e. The average Bonchev–Trinajstić information content (AvgIpc) is 2.99. The molecule has 7 heteroatoms. The van der Waals surface area contributed by atoms with E-state index in [4.69, 9.17) is 4.74 Å². The van der Waals surface area contributed by atoms with Crippen LogP contribution in [-0.2, 0) is 17.7 Å². The highest BCUT2D eigenvalue weighted by atomic mass is 32.1. The molecule has 20 heavy (non-hydrogen) atoms. The summed E-state index contributed by atoms with van der Waals surface area (Å²) in [6.07, 6.45) is 1.65. The highest BCUT2D eigenvalue weighted by molar-refractivity contribution is 7.09. The minimum absolute atomic E-state index is 0.321. The summed E-state index contributed by atoms with van der Waals surface area (Å²) in [4.78, 5) is 16.3. The van der Waals surface area contributed by atoms with Crippen LogP contribution in [-0.4, -0.2) is 32.6 Å². The summed E-state index contributed by atoms with van der Waals surface area (Å²) in [6.45, 7) is 6.67. The zero-order valence-corrected chi connectivity index (χ0v) is 12.7. The van der Waals surface area contributed by atoms with Gasteiger partial charge < -0.3 is 4.74 Å². The van der Waals surface area contributed by atoms with Crippen LogP contribution >= 0.6 is 11.3 Å². The lowest BCUT2D eigenvalue weighted by Gasteiger charge is -2.05. The van der Waals surface area contributed by atoms with Crippen molar-refractivity contribution in [2.24, 2.45) is 0 Å². The van der Waals surface area contributed by atoms with Crippen LogP contribution in [0.2, 0.25) is 0 Å². The van der Waals surface area contributed by atoms with Crippen molar-refractivity contribution in [1.82, 2.24) is 20.0 Å². The zero-order valence-electron chi connectivity index (χ0n) is 11.9. The second-order valence-corrected chi connectivity index (χ2v) is 5.34. The monoisotopic (exact) mass is 294 g/mol. The molecule has 2 heterocycles. The van der Waals surface area contributed by atoms with Gasteiger partial charge in [0.25, 0.3) is 0 Å². The summed E-state index contributed by atoms with van der Waals surface area (Å²) >= 11 is 1.58. The zero-order chi connectivity index (χ0) is 14.5. The van der Waals surface area contributed by atoms with Gasteiger partial charge in [-0.05, 0) is 20.3 Å². The number of ether oxygens (including phenoxy) is 1. The maximum Gasteiger partial charge on any atom is 0.360 e. The first-order valence-electron chi connectivity index (χ1n) is 6.66. The standard InChI is InChI=1S/C13H18N4O2S/c1-4-6-10-12(13(18)19-5-2)15-16-17(10)7-11-14-9(3)8-20-11/h8H,4-7H2,1-3H3. The van der Waals surface area contributed by atoms with Crippen LogP contribution in [0.15, 0.2) is 5.38 Å². The number of aryl methyl sites for hydroxylation is 1. The molecule has 0 saturated heterocycles. The first kappa shape index (κ1) is 14.6. The van der Waals surface area contributed by atoms with Crippen molar-refractivity contribution in [3.05, 3.63) is 27.5 Å². The summed E-state index contributed by atoms with van der Waals surface area (Å²) in [5.74, 6) is -0.405. The van der Waals surface area contributed by atoms with Crippen molar-refractivity contribution in [2.45, 2.75) is 40.2 Å². The Morgan fingerprint density at radius 3 is 2.85 bits per heavy atom. The number of nitrogens with zero attached hydrogens (tertiary/aromatic N) is 4. The summed E-state index contributed by atoms with van der Waals surface area (Å²) in [5, 5.41) is 11.0. The Hall–Kier alpha value is -1.76. The summed E-state index contributed by atoms with van der Waals surface area (Å²) in [7, 11) is 0. The molecule has 0 unspecified atom stereocenters. The lowest BCUT2D eigenvalue weighted by Crippen LogP contribution is -2.11. The topological polar surface area (TPSA) is 69.9 Å². The second-order valence-electron chi connectivity index (χ2n) is 4.40. The van der Waals surface area contributed by atoms with Crippen molar-refractivity contribution >= 4 is 17.3 Å². The fourth-order valence-corrected chi connectivity index (χ4v) is 2.66. The summed E-state index contributed by atoms with van der Waals surface area (Å²) in [5.41, 5.74) is 2.13. The van der Waals surface area contributed by atoms with Crippen LogP contribution in [0.5, 0.6) is 0 Å². The number of hydrogen-bond acceptors (Lipinski definition) is 6. The molecule has 2 aromatic rings. The van der Waals surface area contributed by atoms with E-state index in [9.17, 15) is 4.79 Å². The molecule has 0 atom stereocenters. The minimum Gasteiger partial charge on any atom is -0.461 e. The molecular formula is C13H18N4O2S. The molecule has 0 aromatic carbocycles. The molecule has 0 aliphatic carbocycles. The third-order valence-corrected chi connectivity index (χ3v) is 3.70. The highest BCUT2D eigenvalue weighted by Gasteiger charge is 2.20. The summed E-state index contributed by atoms with van der Waals surface area (Å²) in [6, 6.07) is 0. The Balaban J connectivity index is 2.26. The van der Waals surface area contributed by atoms with Crippen LogP contribution < -0.4 is 0 Å². The Morgan fingerprint density at radius 1 is 1.45 bits per heavy atom. The van der Waals surface area contributed by atoms with Gasteiger partial charge in [0.05, 0.1) is 18.8 Å². The van der Waals surface area contributed by atoms with Crippen molar-refractivity contribution in [1.29, 1.82) is 0 Å². The van der Waals surface area contributed by atoms with Gasteiger partial charge in [-0.3, -0.25) is 0 Å². The van der Waals surface area contributed by atoms with E-state index in [1.54, 1.807) is 22.9 Å². The van der Waals surface area contributed by atoms with E-state index in [2.05, 4.69) is 22.2 Å². The molecule has 0 radical (unpaired) electrons. The third-order valence-electron chi connectivity index (χ3n) is 2.74. The van der Waals surface area contributed by atoms with E-state index >= 15 is 0 Å². The van der Waals surface area contributed by atoms with Gasteiger partial charge in [-0.2, -0.15) is 0 Å². The number of thiazole rings is 1. The van der Waals surface area contributed by atoms with Crippen molar-refractivity contribution < 1.29 is 9.53 Å². The maximum atomic E-state index is 11.9. The SMILES string of the molecule is CCCc1c(C(=O)OCC)nnn1Cc1nc(C)cs1. The molecule has 0 spiro atoms. The van der Waals surface area contributed by atoms with Crippen LogP contribution in [0.25, 0.3) is 0 Å². The lowest BCUT2D eigenvalue weighted by molar-refractivity contribution is 0.0518. The van der Waals surface area contributed by atoms with E-state index in [1.165, 1.54) is 0 Å². The van der Waals surface area contributed by atoms with Gasteiger partial charge in [0.15, 0.2) is 5.69 Å². The van der Waals surface area contributed by atoms with Gasteiger partial charge in [-0.25, -0.2) is 14.5 Å². The van der Waals surface area contributed by atoms with Gasteiger partial charge >= 0.3 is 5.97 Å². The van der Waals surface area contributed by atoms with Crippen LogP contribution in [0.1, 0.15) is 47.2 Å². The summed E-state index contributed by atoms with van der Waals surface area (Å²) < 4.78 is 6.76. The van der Waals surface area contributed by atoms with E-state index in [-0.39, 0.29) is 0 Å². The van der Waals surface area contributed by atoms with Crippen LogP contribution in [0.3, 0.4) is 0 Å². The molecule has 0 bridgehead atoms. The molecule has 0 fully saturated rings. The number of hydrogen-bond donors (Lipinski definition) is 0. The minimum atomic E-state index is -0.405. The van der Waals surface area contributed by atoms with Gasteiger partial charge in [0, 0.05) is 11.1 Å². The number of esters is 1. The van der Waals surface area contributed by atoms with Gasteiger partial charge in [-0.1, -0.05) is 18.6 Å². The van der Waals surface area contributed by atoms with Crippen molar-refractivity contribution in [2.75, 3.05) is 6.61 Å². The maximum absolute atomic E-state index is 11.9. The first-order chi connectivity index (χ1) is 9.65. The second kappa shape index (κ2) is 6.60. The Labute approximate surface area is 121 Å². The predicted octanol–water partition coefficient (Wildman–Crippen LogP) is 2.22. The van der Waals surface area contributed by atoms with Gasteiger partial charge in [0.1, 0.15) is 5.01 Å². The van der Waals surface area contributed by atoms with E-state index in [0.717, 1.165) is 29.2 Å². The quantitative estimate of drug-likeness (QED) is 0.764. The molecule has 0 aliphatic heterocycles. The average molecular weight is 294 g/mol. The fraction of sp³-hybridized carbons (Fsp3) is 0.538. The molecule has 108 valence electrons. The number of carbonyl (C=O) groups is 1. The Bertz CT molecular complexity index is 591. The molecule has 0 saturated carbocycles. The number of aromatic nitrogens is 4. The molecular weight excluding hydrogens is 276 g/mol. The van der Waals surface area contributed by atoms with Crippen molar-refractivity contribution in [3.8, 4) is 0 Å².